The predicted molar refractivity (Wildman–Crippen MR) is 62.9 cm³/mol. The van der Waals surface area contributed by atoms with Gasteiger partial charge in [-0.25, -0.2) is 0 Å². The van der Waals surface area contributed by atoms with E-state index in [1.54, 1.807) is 0 Å². The fourth-order valence-corrected chi connectivity index (χ4v) is 1.49. The molecule has 0 fully saturated rings. The van der Waals surface area contributed by atoms with Crippen LogP contribution in [0.5, 0.6) is 0 Å². The molecule has 0 aliphatic heterocycles. The van der Waals surface area contributed by atoms with Crippen molar-refractivity contribution < 1.29 is 4.74 Å². The molecule has 14 heavy (non-hydrogen) atoms. The van der Waals surface area contributed by atoms with Gasteiger partial charge >= 0.3 is 0 Å². The molecule has 2 heteroatoms. The third-order valence-corrected chi connectivity index (χ3v) is 2.58. The van der Waals surface area contributed by atoms with Crippen LogP contribution in [0.25, 0.3) is 0 Å². The van der Waals surface area contributed by atoms with E-state index in [0.717, 1.165) is 17.9 Å². The van der Waals surface area contributed by atoms with Crippen LogP contribution in [-0.2, 0) is 11.3 Å². The van der Waals surface area contributed by atoms with Crippen LogP contribution >= 0.6 is 12.6 Å². The number of ether oxygens (including phenoxy) is 1. The average Bonchev–Trinajstić information content (AvgIpc) is 2.20. The number of hydrogen-bond acceptors (Lipinski definition) is 2. The summed E-state index contributed by atoms with van der Waals surface area (Å²) in [7, 11) is 0. The standard InChI is InChI=1S/C12H18OS/c1-2-3-6-9-13-10-11-7-4-5-8-12(11)14/h4-5,7-8,14H,2-3,6,9-10H2,1H3. The summed E-state index contributed by atoms with van der Waals surface area (Å²) in [5.74, 6) is 0. The highest BCUT2D eigenvalue weighted by Crippen LogP contribution is 2.13. The van der Waals surface area contributed by atoms with Crippen LogP contribution in [0.15, 0.2) is 29.2 Å². The lowest BCUT2D eigenvalue weighted by molar-refractivity contribution is 0.115. The summed E-state index contributed by atoms with van der Waals surface area (Å²) in [5, 5.41) is 0. The minimum atomic E-state index is 0.684. The van der Waals surface area contributed by atoms with E-state index in [4.69, 9.17) is 4.74 Å². The molecule has 0 aliphatic carbocycles. The van der Waals surface area contributed by atoms with E-state index in [2.05, 4.69) is 25.6 Å². The molecular weight excluding hydrogens is 192 g/mol. The molecular formula is C12H18OS. The van der Waals surface area contributed by atoms with Crippen molar-refractivity contribution in [2.75, 3.05) is 6.61 Å². The van der Waals surface area contributed by atoms with Gasteiger partial charge in [-0.3, -0.25) is 0 Å². The second-order valence-electron chi connectivity index (χ2n) is 3.39. The van der Waals surface area contributed by atoms with Gasteiger partial charge in [0.15, 0.2) is 0 Å². The Morgan fingerprint density at radius 3 is 2.71 bits per heavy atom. The van der Waals surface area contributed by atoms with Gasteiger partial charge < -0.3 is 4.74 Å². The molecule has 0 unspecified atom stereocenters. The third kappa shape index (κ3) is 4.16. The van der Waals surface area contributed by atoms with Gasteiger partial charge in [-0.15, -0.1) is 12.6 Å². The SMILES string of the molecule is CCCCCOCc1ccccc1S. The van der Waals surface area contributed by atoms with E-state index in [1.807, 2.05) is 18.2 Å². The summed E-state index contributed by atoms with van der Waals surface area (Å²) in [5.41, 5.74) is 1.17. The third-order valence-electron chi connectivity index (χ3n) is 2.14. The molecule has 0 saturated heterocycles. The molecule has 0 amide bonds. The van der Waals surface area contributed by atoms with Crippen molar-refractivity contribution in [1.29, 1.82) is 0 Å². The Hall–Kier alpha value is -0.470. The first-order chi connectivity index (χ1) is 6.84. The van der Waals surface area contributed by atoms with Gasteiger partial charge in [0.05, 0.1) is 6.61 Å². The minimum absolute atomic E-state index is 0.684. The van der Waals surface area contributed by atoms with Crippen molar-refractivity contribution in [2.45, 2.75) is 37.7 Å². The molecule has 78 valence electrons. The largest absolute Gasteiger partial charge is 0.377 e. The van der Waals surface area contributed by atoms with Crippen LogP contribution < -0.4 is 0 Å². The molecule has 1 rings (SSSR count). The maximum Gasteiger partial charge on any atom is 0.0727 e. The van der Waals surface area contributed by atoms with Gasteiger partial charge in [0.25, 0.3) is 0 Å². The van der Waals surface area contributed by atoms with Gasteiger partial charge in [-0.1, -0.05) is 38.0 Å². The van der Waals surface area contributed by atoms with Crippen molar-refractivity contribution in [3.8, 4) is 0 Å². The quantitative estimate of drug-likeness (QED) is 0.556. The highest BCUT2D eigenvalue weighted by molar-refractivity contribution is 7.80. The summed E-state index contributed by atoms with van der Waals surface area (Å²) >= 11 is 4.36. The molecule has 0 aliphatic rings. The summed E-state index contributed by atoms with van der Waals surface area (Å²) in [6.45, 7) is 3.74. The van der Waals surface area contributed by atoms with Crippen LogP contribution in [0, 0.1) is 0 Å². The average molecular weight is 210 g/mol. The van der Waals surface area contributed by atoms with Crippen LogP contribution in [0.4, 0.5) is 0 Å². The monoisotopic (exact) mass is 210 g/mol. The lowest BCUT2D eigenvalue weighted by Gasteiger charge is -2.05. The minimum Gasteiger partial charge on any atom is -0.377 e. The Morgan fingerprint density at radius 2 is 2.00 bits per heavy atom. The summed E-state index contributed by atoms with van der Waals surface area (Å²) < 4.78 is 5.55. The Morgan fingerprint density at radius 1 is 1.21 bits per heavy atom. The second kappa shape index (κ2) is 6.91. The smallest absolute Gasteiger partial charge is 0.0727 e. The maximum atomic E-state index is 5.55. The fraction of sp³-hybridized carbons (Fsp3) is 0.500. The van der Waals surface area contributed by atoms with Crippen molar-refractivity contribution >= 4 is 12.6 Å². The highest BCUT2D eigenvalue weighted by Gasteiger charge is 1.96. The maximum absolute atomic E-state index is 5.55. The molecule has 0 heterocycles. The molecule has 1 aromatic rings. The molecule has 0 saturated carbocycles. The predicted octanol–water partition coefficient (Wildman–Crippen LogP) is 3.68. The van der Waals surface area contributed by atoms with E-state index in [0.29, 0.717) is 6.61 Å². The number of hydrogen-bond donors (Lipinski definition) is 1. The zero-order chi connectivity index (χ0) is 10.2. The normalized spacial score (nSPS) is 10.4. The summed E-state index contributed by atoms with van der Waals surface area (Å²) in [6.07, 6.45) is 3.65. The molecule has 0 atom stereocenters. The van der Waals surface area contributed by atoms with Crippen LogP contribution in [0.2, 0.25) is 0 Å². The van der Waals surface area contributed by atoms with E-state index in [9.17, 15) is 0 Å². The number of thiol groups is 1. The number of rotatable bonds is 6. The van der Waals surface area contributed by atoms with Gasteiger partial charge in [0.2, 0.25) is 0 Å². The molecule has 0 aromatic heterocycles. The van der Waals surface area contributed by atoms with Crippen LogP contribution in [0.3, 0.4) is 0 Å². The van der Waals surface area contributed by atoms with E-state index in [1.165, 1.54) is 18.4 Å². The molecule has 0 spiro atoms. The van der Waals surface area contributed by atoms with E-state index < -0.39 is 0 Å². The second-order valence-corrected chi connectivity index (χ2v) is 3.87. The van der Waals surface area contributed by atoms with Gasteiger partial charge in [-0.05, 0) is 18.1 Å². The molecule has 0 N–H and O–H groups in total. The molecule has 1 nitrogen and oxygen atoms in total. The molecule has 1 aromatic carbocycles. The van der Waals surface area contributed by atoms with Crippen LogP contribution in [0.1, 0.15) is 31.7 Å². The Bertz CT molecular complexity index is 260. The van der Waals surface area contributed by atoms with Gasteiger partial charge in [0.1, 0.15) is 0 Å². The fourth-order valence-electron chi connectivity index (χ4n) is 1.27. The van der Waals surface area contributed by atoms with Crippen molar-refractivity contribution in [1.82, 2.24) is 0 Å². The Balaban J connectivity index is 2.21. The molecule has 0 radical (unpaired) electrons. The van der Waals surface area contributed by atoms with Crippen molar-refractivity contribution in [2.24, 2.45) is 0 Å². The zero-order valence-corrected chi connectivity index (χ0v) is 9.59. The topological polar surface area (TPSA) is 9.23 Å². The Kier molecular flexibility index (Phi) is 5.72. The number of benzene rings is 1. The van der Waals surface area contributed by atoms with E-state index >= 15 is 0 Å². The summed E-state index contributed by atoms with van der Waals surface area (Å²) in [4.78, 5) is 1.02. The van der Waals surface area contributed by atoms with Gasteiger partial charge in [0, 0.05) is 11.5 Å². The van der Waals surface area contributed by atoms with Gasteiger partial charge in [-0.2, -0.15) is 0 Å². The first kappa shape index (κ1) is 11.6. The highest BCUT2D eigenvalue weighted by atomic mass is 32.1. The lowest BCUT2D eigenvalue weighted by atomic mass is 10.2. The number of unbranched alkanes of at least 4 members (excludes halogenated alkanes) is 2. The first-order valence-corrected chi connectivity index (χ1v) is 5.64. The molecule has 0 bridgehead atoms. The lowest BCUT2D eigenvalue weighted by Crippen LogP contribution is -1.96. The summed E-state index contributed by atoms with van der Waals surface area (Å²) in [6, 6.07) is 8.06. The van der Waals surface area contributed by atoms with Crippen molar-refractivity contribution in [3.05, 3.63) is 29.8 Å². The zero-order valence-electron chi connectivity index (χ0n) is 8.70. The first-order valence-electron chi connectivity index (χ1n) is 5.19. The van der Waals surface area contributed by atoms with E-state index in [-0.39, 0.29) is 0 Å². The van der Waals surface area contributed by atoms with Crippen LogP contribution in [-0.4, -0.2) is 6.61 Å². The van der Waals surface area contributed by atoms with Crippen molar-refractivity contribution in [3.63, 3.8) is 0 Å². The Labute approximate surface area is 91.9 Å².